The van der Waals surface area contributed by atoms with E-state index in [4.69, 9.17) is 5.11 Å². The molecule has 0 spiro atoms. The van der Waals surface area contributed by atoms with Crippen LogP contribution in [0.25, 0.3) is 0 Å². The third kappa shape index (κ3) is 3.98. The first-order chi connectivity index (χ1) is 9.53. The molecule has 20 heavy (non-hydrogen) atoms. The average molecular weight is 279 g/mol. The number of phenols is 1. The molecule has 0 aliphatic carbocycles. The van der Waals surface area contributed by atoms with Crippen molar-refractivity contribution in [3.05, 3.63) is 23.8 Å². The minimum absolute atomic E-state index is 0.166. The highest BCUT2D eigenvalue weighted by molar-refractivity contribution is 5.92. The maximum Gasteiger partial charge on any atom is 0.339 e. The Morgan fingerprint density at radius 3 is 2.55 bits per heavy atom. The minimum Gasteiger partial charge on any atom is -0.507 e. The number of rotatable bonds is 8. The lowest BCUT2D eigenvalue weighted by molar-refractivity contribution is -0.107. The molecule has 0 aromatic heterocycles. The van der Waals surface area contributed by atoms with Gasteiger partial charge < -0.3 is 15.1 Å². The van der Waals surface area contributed by atoms with Crippen LogP contribution in [0.4, 0.5) is 5.69 Å². The maximum atomic E-state index is 11.2. The largest absolute Gasteiger partial charge is 0.507 e. The Kier molecular flexibility index (Phi) is 6.03. The Bertz CT molecular complexity index is 473. The fourth-order valence-corrected chi connectivity index (χ4v) is 2.20. The molecule has 0 bridgehead atoms. The van der Waals surface area contributed by atoms with Gasteiger partial charge >= 0.3 is 5.97 Å². The summed E-state index contributed by atoms with van der Waals surface area (Å²) in [6.45, 7) is 4.75. The minimum atomic E-state index is -1.19. The number of aromatic hydroxyl groups is 1. The smallest absolute Gasteiger partial charge is 0.339 e. The lowest BCUT2D eigenvalue weighted by atomic mass is 10.00. The number of hydrogen-bond donors (Lipinski definition) is 2. The highest BCUT2D eigenvalue weighted by Crippen LogP contribution is 2.25. The van der Waals surface area contributed by atoms with Gasteiger partial charge in [0.2, 0.25) is 6.41 Å². The number of amides is 1. The molecule has 1 aromatic carbocycles. The topological polar surface area (TPSA) is 77.8 Å². The Labute approximate surface area is 118 Å². The molecule has 5 nitrogen and oxygen atoms in total. The molecule has 2 N–H and O–H groups in total. The number of benzene rings is 1. The number of carboxylic acids is 1. The van der Waals surface area contributed by atoms with E-state index < -0.39 is 5.97 Å². The molecule has 0 fully saturated rings. The van der Waals surface area contributed by atoms with Gasteiger partial charge in [-0.2, -0.15) is 0 Å². The third-order valence-corrected chi connectivity index (χ3v) is 3.40. The predicted octanol–water partition coefficient (Wildman–Crippen LogP) is 2.88. The van der Waals surface area contributed by atoms with Crippen LogP contribution in [-0.4, -0.2) is 29.1 Å². The van der Waals surface area contributed by atoms with Crippen molar-refractivity contribution < 1.29 is 19.8 Å². The highest BCUT2D eigenvalue weighted by atomic mass is 16.4. The van der Waals surface area contributed by atoms with E-state index in [1.54, 1.807) is 0 Å². The predicted molar refractivity (Wildman–Crippen MR) is 77.2 cm³/mol. The van der Waals surface area contributed by atoms with E-state index >= 15 is 0 Å². The van der Waals surface area contributed by atoms with E-state index in [1.165, 1.54) is 23.1 Å². The molecular formula is C15H21NO4. The van der Waals surface area contributed by atoms with Crippen LogP contribution in [0.2, 0.25) is 0 Å². The second kappa shape index (κ2) is 7.53. The van der Waals surface area contributed by atoms with E-state index in [0.29, 0.717) is 24.6 Å². The maximum absolute atomic E-state index is 11.2. The van der Waals surface area contributed by atoms with Crippen LogP contribution >= 0.6 is 0 Å². The summed E-state index contributed by atoms with van der Waals surface area (Å²) in [4.78, 5) is 23.6. The first kappa shape index (κ1) is 16.0. The summed E-state index contributed by atoms with van der Waals surface area (Å²) in [5.74, 6) is -1.12. The number of anilines is 1. The number of carbonyl (C=O) groups excluding carboxylic acids is 1. The Hall–Kier alpha value is -2.04. The Balaban J connectivity index is 2.92. The van der Waals surface area contributed by atoms with Gasteiger partial charge in [-0.3, -0.25) is 4.79 Å². The quantitative estimate of drug-likeness (QED) is 0.717. The molecule has 0 aliphatic heterocycles. The summed E-state index contributed by atoms with van der Waals surface area (Å²) < 4.78 is 0. The standard InChI is InChI=1S/C15H21NO4/c1-3-5-11(4-2)9-16(10-17)12-6-7-13(15(19)20)14(18)8-12/h6-8,10-11,18H,3-5,9H2,1-2H3,(H,19,20). The van der Waals surface area contributed by atoms with Gasteiger partial charge in [-0.25, -0.2) is 4.79 Å². The Morgan fingerprint density at radius 1 is 1.40 bits per heavy atom. The summed E-state index contributed by atoms with van der Waals surface area (Å²) >= 11 is 0. The number of carboxylic acid groups (broad SMARTS) is 1. The number of aromatic carboxylic acids is 1. The fraction of sp³-hybridized carbons (Fsp3) is 0.467. The summed E-state index contributed by atoms with van der Waals surface area (Å²) in [5, 5.41) is 18.5. The molecule has 0 saturated carbocycles. The molecule has 110 valence electrons. The van der Waals surface area contributed by atoms with Gasteiger partial charge in [-0.15, -0.1) is 0 Å². The molecule has 1 amide bonds. The lowest BCUT2D eigenvalue weighted by Crippen LogP contribution is -2.28. The van der Waals surface area contributed by atoms with Crippen molar-refractivity contribution in [2.24, 2.45) is 5.92 Å². The second-order valence-corrected chi connectivity index (χ2v) is 4.83. The van der Waals surface area contributed by atoms with Crippen molar-refractivity contribution in [1.29, 1.82) is 0 Å². The number of carbonyl (C=O) groups is 2. The average Bonchev–Trinajstić information content (AvgIpc) is 2.42. The van der Waals surface area contributed by atoms with Gasteiger partial charge in [0, 0.05) is 18.3 Å². The van der Waals surface area contributed by atoms with Crippen molar-refractivity contribution in [3.63, 3.8) is 0 Å². The van der Waals surface area contributed by atoms with E-state index in [2.05, 4.69) is 13.8 Å². The van der Waals surface area contributed by atoms with Crippen LogP contribution < -0.4 is 4.90 Å². The van der Waals surface area contributed by atoms with Crippen molar-refractivity contribution in [2.45, 2.75) is 33.1 Å². The Morgan fingerprint density at radius 2 is 2.10 bits per heavy atom. The third-order valence-electron chi connectivity index (χ3n) is 3.40. The van der Waals surface area contributed by atoms with E-state index in [9.17, 15) is 14.7 Å². The highest BCUT2D eigenvalue weighted by Gasteiger charge is 2.15. The monoisotopic (exact) mass is 279 g/mol. The molecule has 0 heterocycles. The molecule has 1 atom stereocenters. The molecular weight excluding hydrogens is 258 g/mol. The summed E-state index contributed by atoms with van der Waals surface area (Å²) in [6.07, 6.45) is 3.76. The molecule has 0 saturated heterocycles. The van der Waals surface area contributed by atoms with E-state index in [0.717, 1.165) is 19.3 Å². The molecule has 5 heteroatoms. The number of hydrogen-bond acceptors (Lipinski definition) is 3. The zero-order valence-electron chi connectivity index (χ0n) is 11.9. The van der Waals surface area contributed by atoms with Crippen LogP contribution in [0.3, 0.4) is 0 Å². The van der Waals surface area contributed by atoms with Gasteiger partial charge in [0.1, 0.15) is 11.3 Å². The van der Waals surface area contributed by atoms with E-state index in [-0.39, 0.29) is 11.3 Å². The van der Waals surface area contributed by atoms with Gasteiger partial charge in [0.05, 0.1) is 0 Å². The van der Waals surface area contributed by atoms with E-state index in [1.807, 2.05) is 0 Å². The second-order valence-electron chi connectivity index (χ2n) is 4.83. The lowest BCUT2D eigenvalue weighted by Gasteiger charge is -2.23. The van der Waals surface area contributed by atoms with Crippen molar-refractivity contribution in [3.8, 4) is 5.75 Å². The molecule has 1 aromatic rings. The van der Waals surface area contributed by atoms with Crippen LogP contribution in [0.5, 0.6) is 5.75 Å². The molecule has 0 aliphatic rings. The molecule has 1 unspecified atom stereocenters. The van der Waals surface area contributed by atoms with Crippen LogP contribution in [0, 0.1) is 5.92 Å². The van der Waals surface area contributed by atoms with Crippen molar-refractivity contribution in [1.82, 2.24) is 0 Å². The van der Waals surface area contributed by atoms with Crippen molar-refractivity contribution >= 4 is 18.1 Å². The zero-order valence-corrected chi connectivity index (χ0v) is 11.9. The summed E-state index contributed by atoms with van der Waals surface area (Å²) in [5.41, 5.74) is 0.345. The summed E-state index contributed by atoms with van der Waals surface area (Å²) in [6, 6.07) is 4.16. The van der Waals surface area contributed by atoms with Crippen molar-refractivity contribution in [2.75, 3.05) is 11.4 Å². The van der Waals surface area contributed by atoms with Crippen LogP contribution in [-0.2, 0) is 4.79 Å². The first-order valence-corrected chi connectivity index (χ1v) is 6.81. The van der Waals surface area contributed by atoms with Crippen LogP contribution in [0.1, 0.15) is 43.5 Å². The van der Waals surface area contributed by atoms with Gasteiger partial charge in [-0.05, 0) is 24.5 Å². The molecule has 1 rings (SSSR count). The first-order valence-electron chi connectivity index (χ1n) is 6.81. The van der Waals surface area contributed by atoms with Gasteiger partial charge in [-0.1, -0.05) is 26.7 Å². The normalized spacial score (nSPS) is 11.9. The zero-order chi connectivity index (χ0) is 15.1. The van der Waals surface area contributed by atoms with Crippen LogP contribution in [0.15, 0.2) is 18.2 Å². The van der Waals surface area contributed by atoms with Gasteiger partial charge in [0.25, 0.3) is 0 Å². The summed E-state index contributed by atoms with van der Waals surface area (Å²) in [7, 11) is 0. The SMILES string of the molecule is CCCC(CC)CN(C=O)c1ccc(C(=O)O)c(O)c1. The molecule has 0 radical (unpaired) electrons. The number of nitrogens with zero attached hydrogens (tertiary/aromatic N) is 1. The van der Waals surface area contributed by atoms with Gasteiger partial charge in [0.15, 0.2) is 0 Å². The fourth-order valence-electron chi connectivity index (χ4n) is 2.20.